The molecule has 6 aromatic rings. The van der Waals surface area contributed by atoms with Gasteiger partial charge in [-0.05, 0) is 72.8 Å². The van der Waals surface area contributed by atoms with Crippen LogP contribution in [0.4, 0.5) is 0 Å². The van der Waals surface area contributed by atoms with E-state index in [1.807, 2.05) is 0 Å². The van der Waals surface area contributed by atoms with E-state index in [-0.39, 0.29) is 33.4 Å². The van der Waals surface area contributed by atoms with Crippen LogP contribution in [0.1, 0.15) is 62.1 Å². The van der Waals surface area contributed by atoms with Crippen molar-refractivity contribution in [3.05, 3.63) is 215 Å². The molecular formula is C48H38BO12S. The van der Waals surface area contributed by atoms with Crippen molar-refractivity contribution in [1.29, 1.82) is 0 Å². The fourth-order valence-electron chi connectivity index (χ4n) is 5.82. The van der Waals surface area contributed by atoms with Gasteiger partial charge in [0.1, 0.15) is 13.2 Å². The number of esters is 6. The molecule has 0 aliphatic rings. The van der Waals surface area contributed by atoms with E-state index >= 15 is 0 Å². The number of carbonyl (C=O) groups excluding carboxylic acids is 6. The summed E-state index contributed by atoms with van der Waals surface area (Å²) in [5.74, 6) is -5.48. The first kappa shape index (κ1) is 45.5. The summed E-state index contributed by atoms with van der Waals surface area (Å²) in [5, 5.41) is 0. The average Bonchev–Trinajstić information content (AvgIpc) is 3.34. The molecule has 4 atom stereocenters. The van der Waals surface area contributed by atoms with E-state index in [1.54, 1.807) is 109 Å². The molecule has 14 heteroatoms. The van der Waals surface area contributed by atoms with Gasteiger partial charge in [0.2, 0.25) is 0 Å². The number of benzene rings is 6. The van der Waals surface area contributed by atoms with Crippen LogP contribution in [-0.2, 0) is 28.4 Å². The maximum absolute atomic E-state index is 14.0. The summed E-state index contributed by atoms with van der Waals surface area (Å²) in [4.78, 5) is 82.5. The van der Waals surface area contributed by atoms with Gasteiger partial charge in [-0.1, -0.05) is 109 Å². The van der Waals surface area contributed by atoms with Crippen LogP contribution in [0.15, 0.2) is 182 Å². The molecule has 0 saturated carbocycles. The molecule has 0 fully saturated rings. The first-order chi connectivity index (χ1) is 30.3. The second kappa shape index (κ2) is 23.9. The average molecular weight is 850 g/mol. The third-order valence-electron chi connectivity index (χ3n) is 8.87. The van der Waals surface area contributed by atoms with Crippen molar-refractivity contribution in [2.24, 2.45) is 0 Å². The Hall–Kier alpha value is -7.58. The summed E-state index contributed by atoms with van der Waals surface area (Å²) >= 11 is 3.58. The molecular weight excluding hydrogens is 811 g/mol. The molecule has 0 aromatic heterocycles. The molecule has 0 N–H and O–H groups in total. The molecule has 0 aliphatic carbocycles. The Labute approximate surface area is 363 Å². The van der Waals surface area contributed by atoms with Crippen molar-refractivity contribution in [1.82, 2.24) is 0 Å². The maximum atomic E-state index is 14.0. The quantitative estimate of drug-likeness (QED) is 0.0497. The third-order valence-corrected chi connectivity index (χ3v) is 8.87. The zero-order valence-electron chi connectivity index (χ0n) is 32.9. The fourth-order valence-corrected chi connectivity index (χ4v) is 5.82. The van der Waals surface area contributed by atoms with Crippen LogP contribution in [0.25, 0.3) is 0 Å². The molecule has 1 radical (unpaired) electrons. The summed E-state index contributed by atoms with van der Waals surface area (Å²) in [6.07, 6.45) is -7.33. The molecule has 12 nitrogen and oxygen atoms in total. The molecule has 6 rings (SSSR count). The van der Waals surface area contributed by atoms with E-state index in [2.05, 4.69) is 18.8 Å². The molecule has 0 saturated heterocycles. The van der Waals surface area contributed by atoms with Crippen LogP contribution in [0.2, 0.25) is 0 Å². The zero-order chi connectivity index (χ0) is 44.1. The normalized spacial score (nSPS) is 12.2. The molecule has 0 amide bonds. The number of hydrogen-bond acceptors (Lipinski definition) is 13. The number of ether oxygens (including phenoxy) is 6. The van der Waals surface area contributed by atoms with Gasteiger partial charge < -0.3 is 28.4 Å². The van der Waals surface area contributed by atoms with E-state index in [9.17, 15) is 28.8 Å². The van der Waals surface area contributed by atoms with E-state index < -0.39 is 73.4 Å². The van der Waals surface area contributed by atoms with Gasteiger partial charge >= 0.3 is 54.6 Å². The van der Waals surface area contributed by atoms with Crippen LogP contribution >= 0.6 is 12.1 Å². The zero-order valence-corrected chi connectivity index (χ0v) is 33.7. The second-order valence-corrected chi connectivity index (χ2v) is 13.0. The van der Waals surface area contributed by atoms with Crippen LogP contribution in [0.5, 0.6) is 0 Å². The predicted molar refractivity (Wildman–Crippen MR) is 229 cm³/mol. The summed E-state index contributed by atoms with van der Waals surface area (Å²) in [5.41, 5.74) is 0.534. The van der Waals surface area contributed by atoms with E-state index in [4.69, 9.17) is 28.4 Å². The first-order valence-electron chi connectivity index (χ1n) is 19.0. The summed E-state index contributed by atoms with van der Waals surface area (Å²) in [6, 6.07) is 47.1. The summed E-state index contributed by atoms with van der Waals surface area (Å²) < 4.78 is 35.6. The predicted octanol–water partition coefficient (Wildman–Crippen LogP) is 7.87. The van der Waals surface area contributed by atoms with Gasteiger partial charge in [0, 0.05) is 0 Å². The minimum absolute atomic E-state index is 0.0402. The standard InChI is InChI=1S/C48H38O12.BS/c49-43(33-19-7-1-8-20-33)55-31-39(57-45(51)35-23-11-3-12-24-35)41(59-47(53)37-27-15-5-16-28-37)42(60-48(54)38-29-17-6-18-30-38)40(58-46(52)36-25-13-4-14-26-36)32-56-44(50)34-21-9-2-10-22-34;1-2/h1-30,39-42H,31-32H2;. The van der Waals surface area contributed by atoms with Crippen LogP contribution < -0.4 is 0 Å². The molecule has 0 heterocycles. The Balaban J connectivity index is 0.00000358. The van der Waals surface area contributed by atoms with Crippen molar-refractivity contribution < 1.29 is 57.2 Å². The molecule has 0 spiro atoms. The Morgan fingerprint density at radius 2 is 0.516 bits per heavy atom. The van der Waals surface area contributed by atoms with Gasteiger partial charge in [0.15, 0.2) is 24.4 Å². The molecule has 6 aromatic carbocycles. The monoisotopic (exact) mass is 849 g/mol. The van der Waals surface area contributed by atoms with Crippen LogP contribution in [0, 0.1) is 0 Å². The Morgan fingerprint density at radius 1 is 0.323 bits per heavy atom. The number of carbonyl (C=O) groups is 6. The van der Waals surface area contributed by atoms with E-state index in [1.165, 1.54) is 72.8 Å². The number of rotatable bonds is 17. The van der Waals surface area contributed by atoms with E-state index in [0.717, 1.165) is 0 Å². The molecule has 4 unspecified atom stereocenters. The van der Waals surface area contributed by atoms with Crippen molar-refractivity contribution in [3.63, 3.8) is 0 Å². The summed E-state index contributed by atoms with van der Waals surface area (Å²) in [7, 11) is 0. The molecule has 0 aliphatic heterocycles. The Bertz CT molecular complexity index is 2200. The van der Waals surface area contributed by atoms with Crippen molar-refractivity contribution in [3.8, 4) is 0 Å². The van der Waals surface area contributed by atoms with Crippen molar-refractivity contribution in [2.75, 3.05) is 13.2 Å². The van der Waals surface area contributed by atoms with Gasteiger partial charge in [0.05, 0.1) is 33.4 Å². The van der Waals surface area contributed by atoms with Gasteiger partial charge in [-0.25, -0.2) is 28.8 Å². The second-order valence-electron chi connectivity index (χ2n) is 13.0. The SMILES string of the molecule is O=C(OCC(OC(=O)c1ccccc1)C(OC(=O)c1ccccc1)C(OC(=O)c1ccccc1)C(COC(=O)c1ccccc1)OC(=O)c1ccccc1)c1ccccc1.[B]=S. The fraction of sp³-hybridized carbons (Fsp3) is 0.125. The summed E-state index contributed by atoms with van der Waals surface area (Å²) in [6.45, 7) is 2.56. The van der Waals surface area contributed by atoms with Crippen LogP contribution in [0.3, 0.4) is 0 Å². The molecule has 0 bridgehead atoms. The van der Waals surface area contributed by atoms with Gasteiger partial charge in [-0.3, -0.25) is 0 Å². The number of hydrogen-bond donors (Lipinski definition) is 0. The topological polar surface area (TPSA) is 158 Å². The van der Waals surface area contributed by atoms with Crippen LogP contribution in [-0.4, -0.2) is 80.2 Å². The van der Waals surface area contributed by atoms with Gasteiger partial charge in [0.25, 0.3) is 0 Å². The van der Waals surface area contributed by atoms with Gasteiger partial charge in [-0.15, -0.1) is 0 Å². The minimum atomic E-state index is -1.91. The van der Waals surface area contributed by atoms with E-state index in [0.29, 0.717) is 0 Å². The molecule has 62 heavy (non-hydrogen) atoms. The molecule has 311 valence electrons. The Morgan fingerprint density at radius 3 is 0.742 bits per heavy atom. The van der Waals surface area contributed by atoms with Gasteiger partial charge in [-0.2, -0.15) is 0 Å². The van der Waals surface area contributed by atoms with Crippen molar-refractivity contribution in [2.45, 2.75) is 24.4 Å². The third kappa shape index (κ3) is 13.2. The first-order valence-corrected chi connectivity index (χ1v) is 19.5. The van der Waals surface area contributed by atoms with Crippen molar-refractivity contribution >= 4 is 54.6 Å². The Kier molecular flexibility index (Phi) is 17.5.